The molecular formula is C20H25NO4. The normalized spacial score (nSPS) is 20.4. The van der Waals surface area contributed by atoms with E-state index in [0.29, 0.717) is 22.9 Å². The van der Waals surface area contributed by atoms with Gasteiger partial charge in [0.1, 0.15) is 5.92 Å². The SMILES string of the molecule is COC(=O)C1=C(C)N=C(C)C(C(=O)OC)C1c1ccc(C(C)C)cc1. The van der Waals surface area contributed by atoms with Crippen LogP contribution < -0.4 is 0 Å². The van der Waals surface area contributed by atoms with Crippen LogP contribution in [0, 0.1) is 5.92 Å². The summed E-state index contributed by atoms with van der Waals surface area (Å²) in [5.41, 5.74) is 3.67. The second kappa shape index (κ2) is 7.64. The fraction of sp³-hybridized carbons (Fsp3) is 0.450. The third kappa shape index (κ3) is 3.65. The van der Waals surface area contributed by atoms with E-state index in [1.165, 1.54) is 19.8 Å². The van der Waals surface area contributed by atoms with E-state index in [2.05, 4.69) is 18.8 Å². The van der Waals surface area contributed by atoms with Gasteiger partial charge in [-0.1, -0.05) is 38.1 Å². The monoisotopic (exact) mass is 343 g/mol. The van der Waals surface area contributed by atoms with E-state index < -0.39 is 23.8 Å². The summed E-state index contributed by atoms with van der Waals surface area (Å²) in [7, 11) is 2.68. The first kappa shape index (κ1) is 18.9. The lowest BCUT2D eigenvalue weighted by atomic mass is 9.75. The summed E-state index contributed by atoms with van der Waals surface area (Å²) < 4.78 is 9.93. The summed E-state index contributed by atoms with van der Waals surface area (Å²) in [6.07, 6.45) is 0. The highest BCUT2D eigenvalue weighted by molar-refractivity contribution is 6.06. The molecule has 0 spiro atoms. The summed E-state index contributed by atoms with van der Waals surface area (Å²) >= 11 is 0. The molecule has 1 aliphatic heterocycles. The van der Waals surface area contributed by atoms with Crippen LogP contribution in [0.25, 0.3) is 0 Å². The molecular weight excluding hydrogens is 318 g/mol. The first-order valence-corrected chi connectivity index (χ1v) is 8.33. The zero-order valence-corrected chi connectivity index (χ0v) is 15.6. The van der Waals surface area contributed by atoms with Gasteiger partial charge < -0.3 is 9.47 Å². The number of aliphatic imine (C=N–C) groups is 1. The average molecular weight is 343 g/mol. The molecule has 0 bridgehead atoms. The Kier molecular flexibility index (Phi) is 5.77. The van der Waals surface area contributed by atoms with E-state index in [0.717, 1.165) is 5.56 Å². The van der Waals surface area contributed by atoms with Crippen LogP contribution in [0.3, 0.4) is 0 Å². The van der Waals surface area contributed by atoms with Crippen LogP contribution in [0.15, 0.2) is 40.5 Å². The first-order valence-electron chi connectivity index (χ1n) is 8.33. The van der Waals surface area contributed by atoms with Crippen molar-refractivity contribution in [1.82, 2.24) is 0 Å². The number of esters is 2. The maximum atomic E-state index is 12.4. The first-order chi connectivity index (χ1) is 11.8. The molecule has 5 nitrogen and oxygen atoms in total. The molecule has 2 atom stereocenters. The minimum Gasteiger partial charge on any atom is -0.468 e. The second-order valence-corrected chi connectivity index (χ2v) is 6.54. The van der Waals surface area contributed by atoms with Crippen molar-refractivity contribution >= 4 is 17.7 Å². The Labute approximate surface area is 148 Å². The fourth-order valence-electron chi connectivity index (χ4n) is 3.29. The van der Waals surface area contributed by atoms with Crippen molar-refractivity contribution in [2.24, 2.45) is 10.9 Å². The minimum atomic E-state index is -0.646. The lowest BCUT2D eigenvalue weighted by Gasteiger charge is -2.31. The maximum Gasteiger partial charge on any atom is 0.336 e. The van der Waals surface area contributed by atoms with E-state index in [9.17, 15) is 9.59 Å². The van der Waals surface area contributed by atoms with Crippen LogP contribution in [0.1, 0.15) is 50.7 Å². The van der Waals surface area contributed by atoms with Crippen molar-refractivity contribution in [3.63, 3.8) is 0 Å². The van der Waals surface area contributed by atoms with Gasteiger partial charge in [0.25, 0.3) is 0 Å². The standard InChI is InChI=1S/C20H25NO4/c1-11(2)14-7-9-15(10-8-14)18-16(19(22)24-5)12(3)21-13(4)17(18)20(23)25-6/h7-11,16,18H,1-6H3. The van der Waals surface area contributed by atoms with Crippen LogP contribution in [-0.4, -0.2) is 31.9 Å². The predicted octanol–water partition coefficient (Wildman–Crippen LogP) is 3.60. The Hall–Kier alpha value is -2.43. The van der Waals surface area contributed by atoms with Crippen molar-refractivity contribution < 1.29 is 19.1 Å². The van der Waals surface area contributed by atoms with Gasteiger partial charge in [-0.2, -0.15) is 0 Å². The number of rotatable bonds is 4. The molecule has 0 saturated heterocycles. The molecule has 2 unspecified atom stereocenters. The van der Waals surface area contributed by atoms with Crippen LogP contribution in [0.2, 0.25) is 0 Å². The van der Waals surface area contributed by atoms with Gasteiger partial charge in [0.2, 0.25) is 0 Å². The molecule has 2 rings (SSSR count). The summed E-state index contributed by atoms with van der Waals surface area (Å²) in [6, 6.07) is 7.98. The Balaban J connectivity index is 2.61. The highest BCUT2D eigenvalue weighted by atomic mass is 16.5. The molecule has 0 radical (unpaired) electrons. The van der Waals surface area contributed by atoms with E-state index in [-0.39, 0.29) is 0 Å². The van der Waals surface area contributed by atoms with Crippen molar-refractivity contribution in [2.45, 2.75) is 39.5 Å². The molecule has 0 amide bonds. The number of carbonyl (C=O) groups excluding carboxylic acids is 2. The largest absolute Gasteiger partial charge is 0.468 e. The Morgan fingerprint density at radius 3 is 2.12 bits per heavy atom. The smallest absolute Gasteiger partial charge is 0.336 e. The Morgan fingerprint density at radius 2 is 1.64 bits per heavy atom. The lowest BCUT2D eigenvalue weighted by Crippen LogP contribution is -2.36. The number of ether oxygens (including phenoxy) is 2. The summed E-state index contributed by atoms with van der Waals surface area (Å²) in [5, 5.41) is 0. The maximum absolute atomic E-state index is 12.4. The van der Waals surface area contributed by atoms with Gasteiger partial charge in [0.05, 0.1) is 19.8 Å². The highest BCUT2D eigenvalue weighted by Crippen LogP contribution is 2.40. The number of carbonyl (C=O) groups is 2. The van der Waals surface area contributed by atoms with Gasteiger partial charge >= 0.3 is 11.9 Å². The summed E-state index contributed by atoms with van der Waals surface area (Å²) in [5.74, 6) is -1.60. The topological polar surface area (TPSA) is 65.0 Å². The van der Waals surface area contributed by atoms with E-state index in [1.54, 1.807) is 13.8 Å². The fourth-order valence-corrected chi connectivity index (χ4v) is 3.29. The van der Waals surface area contributed by atoms with E-state index >= 15 is 0 Å². The Bertz CT molecular complexity index is 729. The quantitative estimate of drug-likeness (QED) is 0.784. The van der Waals surface area contributed by atoms with Gasteiger partial charge in [-0.15, -0.1) is 0 Å². The highest BCUT2D eigenvalue weighted by Gasteiger charge is 2.41. The van der Waals surface area contributed by atoms with Crippen LogP contribution >= 0.6 is 0 Å². The number of allylic oxidation sites excluding steroid dienone is 1. The van der Waals surface area contributed by atoms with Gasteiger partial charge in [0.15, 0.2) is 0 Å². The predicted molar refractivity (Wildman–Crippen MR) is 96.6 cm³/mol. The number of methoxy groups -OCH3 is 2. The molecule has 0 aliphatic carbocycles. The Morgan fingerprint density at radius 1 is 1.04 bits per heavy atom. The number of nitrogens with zero attached hydrogens (tertiary/aromatic N) is 1. The van der Waals surface area contributed by atoms with Crippen LogP contribution in [-0.2, 0) is 19.1 Å². The average Bonchev–Trinajstić information content (AvgIpc) is 2.60. The number of benzene rings is 1. The molecule has 0 aromatic heterocycles. The van der Waals surface area contributed by atoms with Crippen molar-refractivity contribution in [1.29, 1.82) is 0 Å². The molecule has 0 saturated carbocycles. The van der Waals surface area contributed by atoms with Crippen LogP contribution in [0.4, 0.5) is 0 Å². The van der Waals surface area contributed by atoms with Gasteiger partial charge in [-0.25, -0.2) is 4.79 Å². The molecule has 1 heterocycles. The lowest BCUT2D eigenvalue weighted by molar-refractivity contribution is -0.143. The number of hydrogen-bond donors (Lipinski definition) is 0. The van der Waals surface area contributed by atoms with Crippen LogP contribution in [0.5, 0.6) is 0 Å². The summed E-state index contributed by atoms with van der Waals surface area (Å²) in [6.45, 7) is 7.79. The number of hydrogen-bond acceptors (Lipinski definition) is 5. The molecule has 0 N–H and O–H groups in total. The van der Waals surface area contributed by atoms with E-state index in [1.807, 2.05) is 24.3 Å². The van der Waals surface area contributed by atoms with Gasteiger partial charge in [0, 0.05) is 17.3 Å². The molecule has 1 aromatic rings. The molecule has 5 heteroatoms. The van der Waals surface area contributed by atoms with Crippen molar-refractivity contribution in [3.8, 4) is 0 Å². The van der Waals surface area contributed by atoms with Gasteiger partial charge in [-0.3, -0.25) is 9.79 Å². The molecule has 25 heavy (non-hydrogen) atoms. The molecule has 1 aliphatic rings. The molecule has 1 aromatic carbocycles. The third-order valence-electron chi connectivity index (χ3n) is 4.65. The molecule has 134 valence electrons. The van der Waals surface area contributed by atoms with Crippen molar-refractivity contribution in [2.75, 3.05) is 14.2 Å². The molecule has 0 fully saturated rings. The third-order valence-corrected chi connectivity index (χ3v) is 4.65. The summed E-state index contributed by atoms with van der Waals surface area (Å²) in [4.78, 5) is 29.2. The zero-order valence-electron chi connectivity index (χ0n) is 15.6. The van der Waals surface area contributed by atoms with Gasteiger partial charge in [-0.05, 0) is 30.9 Å². The zero-order chi connectivity index (χ0) is 18.7. The van der Waals surface area contributed by atoms with E-state index in [4.69, 9.17) is 9.47 Å². The second-order valence-electron chi connectivity index (χ2n) is 6.54. The minimum absolute atomic E-state index is 0.400. The van der Waals surface area contributed by atoms with Crippen molar-refractivity contribution in [3.05, 3.63) is 46.7 Å².